The summed E-state index contributed by atoms with van der Waals surface area (Å²) in [7, 11) is 0. The molecule has 1 saturated heterocycles. The van der Waals surface area contributed by atoms with Gasteiger partial charge in [-0.05, 0) is 54.3 Å². The van der Waals surface area contributed by atoms with Crippen LogP contribution in [0, 0.1) is 5.92 Å². The molecule has 2 heterocycles. The molecule has 2 aromatic rings. The van der Waals surface area contributed by atoms with Gasteiger partial charge >= 0.3 is 0 Å². The highest BCUT2D eigenvalue weighted by molar-refractivity contribution is 6.30. The molecule has 23 heavy (non-hydrogen) atoms. The van der Waals surface area contributed by atoms with Crippen molar-refractivity contribution in [2.24, 2.45) is 5.92 Å². The van der Waals surface area contributed by atoms with Gasteiger partial charge in [-0.2, -0.15) is 5.43 Å². The van der Waals surface area contributed by atoms with E-state index in [0.717, 1.165) is 23.4 Å². The number of nitrogens with one attached hydrogen (secondary N) is 1. The molecule has 5 heteroatoms. The van der Waals surface area contributed by atoms with Gasteiger partial charge in [-0.25, -0.2) is 5.01 Å². The van der Waals surface area contributed by atoms with E-state index in [1.165, 1.54) is 5.56 Å². The highest BCUT2D eigenvalue weighted by Crippen LogP contribution is 2.36. The zero-order valence-corrected chi connectivity index (χ0v) is 13.5. The quantitative estimate of drug-likeness (QED) is 0.919. The van der Waals surface area contributed by atoms with Crippen molar-refractivity contribution in [3.63, 3.8) is 0 Å². The molecule has 2 aliphatic rings. The van der Waals surface area contributed by atoms with Crippen LogP contribution in [0.4, 0.5) is 5.69 Å². The molecule has 2 aliphatic heterocycles. The number of rotatable bonds is 2. The SMILES string of the molecule is CCc1ccc(N2NC3Oc4ccc(Cl)cc4CC3C2=O)cc1. The van der Waals surface area contributed by atoms with Gasteiger partial charge in [0.2, 0.25) is 5.91 Å². The summed E-state index contributed by atoms with van der Waals surface area (Å²) in [6, 6.07) is 13.6. The lowest BCUT2D eigenvalue weighted by Gasteiger charge is -2.26. The summed E-state index contributed by atoms with van der Waals surface area (Å²) in [6.07, 6.45) is 1.28. The largest absolute Gasteiger partial charge is 0.473 e. The molecule has 0 spiro atoms. The van der Waals surface area contributed by atoms with Crippen LogP contribution in [-0.4, -0.2) is 12.1 Å². The van der Waals surface area contributed by atoms with Crippen molar-refractivity contribution in [3.05, 3.63) is 58.6 Å². The number of halogens is 1. The number of hydrogen-bond donors (Lipinski definition) is 1. The van der Waals surface area contributed by atoms with Crippen molar-refractivity contribution in [2.75, 3.05) is 5.01 Å². The summed E-state index contributed by atoms with van der Waals surface area (Å²) < 4.78 is 5.95. The monoisotopic (exact) mass is 328 g/mol. The molecule has 0 bridgehead atoms. The van der Waals surface area contributed by atoms with Crippen molar-refractivity contribution in [1.82, 2.24) is 5.43 Å². The summed E-state index contributed by atoms with van der Waals surface area (Å²) >= 11 is 6.04. The normalized spacial score (nSPS) is 22.5. The third-order valence-electron chi connectivity index (χ3n) is 4.48. The molecule has 1 fully saturated rings. The summed E-state index contributed by atoms with van der Waals surface area (Å²) in [6.45, 7) is 2.11. The fourth-order valence-electron chi connectivity index (χ4n) is 3.16. The Hall–Kier alpha value is -2.04. The van der Waals surface area contributed by atoms with Gasteiger partial charge in [0.1, 0.15) is 5.75 Å². The zero-order chi connectivity index (χ0) is 16.0. The second-order valence-corrected chi connectivity index (χ2v) is 6.36. The Balaban J connectivity index is 1.60. The minimum Gasteiger partial charge on any atom is -0.473 e. The van der Waals surface area contributed by atoms with E-state index in [0.29, 0.717) is 11.4 Å². The number of ether oxygens (including phenoxy) is 1. The number of hydrogen-bond acceptors (Lipinski definition) is 3. The van der Waals surface area contributed by atoms with E-state index in [1.807, 2.05) is 36.4 Å². The maximum absolute atomic E-state index is 12.7. The number of hydrazine groups is 1. The summed E-state index contributed by atoms with van der Waals surface area (Å²) in [4.78, 5) is 12.7. The molecule has 2 atom stereocenters. The molecule has 4 nitrogen and oxygen atoms in total. The van der Waals surface area contributed by atoms with Crippen LogP contribution in [0.25, 0.3) is 0 Å². The van der Waals surface area contributed by atoms with E-state index in [9.17, 15) is 4.79 Å². The van der Waals surface area contributed by atoms with Crippen molar-refractivity contribution in [3.8, 4) is 5.75 Å². The number of benzene rings is 2. The number of fused-ring (bicyclic) bond motifs is 2. The minimum absolute atomic E-state index is 0.0323. The fraction of sp³-hybridized carbons (Fsp3) is 0.278. The average Bonchev–Trinajstić information content (AvgIpc) is 2.89. The van der Waals surface area contributed by atoms with E-state index < -0.39 is 0 Å². The Bertz CT molecular complexity index is 760. The van der Waals surface area contributed by atoms with Gasteiger partial charge in [-0.1, -0.05) is 30.7 Å². The maximum Gasteiger partial charge on any atom is 0.250 e. The maximum atomic E-state index is 12.7. The van der Waals surface area contributed by atoms with Crippen LogP contribution < -0.4 is 15.2 Å². The smallest absolute Gasteiger partial charge is 0.250 e. The van der Waals surface area contributed by atoms with Crippen LogP contribution in [0.3, 0.4) is 0 Å². The van der Waals surface area contributed by atoms with Crippen molar-refractivity contribution < 1.29 is 9.53 Å². The molecule has 2 unspecified atom stereocenters. The first-order chi connectivity index (χ1) is 11.2. The van der Waals surface area contributed by atoms with Crippen molar-refractivity contribution in [2.45, 2.75) is 26.0 Å². The second kappa shape index (κ2) is 5.55. The molecule has 0 radical (unpaired) electrons. The van der Waals surface area contributed by atoms with E-state index in [-0.39, 0.29) is 18.1 Å². The number of carbonyl (C=O) groups is 1. The number of amides is 1. The lowest BCUT2D eigenvalue weighted by Crippen LogP contribution is -2.41. The molecule has 118 valence electrons. The first-order valence-corrected chi connectivity index (χ1v) is 8.17. The van der Waals surface area contributed by atoms with E-state index in [2.05, 4.69) is 12.3 Å². The van der Waals surface area contributed by atoms with Crippen LogP contribution in [-0.2, 0) is 17.6 Å². The number of carbonyl (C=O) groups excluding carboxylic acids is 1. The Morgan fingerprint density at radius 3 is 2.78 bits per heavy atom. The zero-order valence-electron chi connectivity index (χ0n) is 12.8. The lowest BCUT2D eigenvalue weighted by molar-refractivity contribution is -0.121. The molecule has 4 rings (SSSR count). The van der Waals surface area contributed by atoms with Crippen LogP contribution in [0.5, 0.6) is 5.75 Å². The summed E-state index contributed by atoms with van der Waals surface area (Å²) in [5.41, 5.74) is 6.25. The van der Waals surface area contributed by atoms with E-state index >= 15 is 0 Å². The first kappa shape index (κ1) is 14.5. The van der Waals surface area contributed by atoms with Crippen LogP contribution >= 0.6 is 11.6 Å². The lowest BCUT2D eigenvalue weighted by atomic mass is 9.94. The molecule has 0 aliphatic carbocycles. The number of nitrogens with zero attached hydrogens (tertiary/aromatic N) is 1. The Morgan fingerprint density at radius 1 is 1.26 bits per heavy atom. The van der Waals surface area contributed by atoms with Crippen LogP contribution in [0.2, 0.25) is 5.02 Å². The van der Waals surface area contributed by atoms with E-state index in [4.69, 9.17) is 16.3 Å². The summed E-state index contributed by atoms with van der Waals surface area (Å²) in [5, 5.41) is 2.26. The van der Waals surface area contributed by atoms with Gasteiger partial charge in [0, 0.05) is 5.02 Å². The Morgan fingerprint density at radius 2 is 2.04 bits per heavy atom. The van der Waals surface area contributed by atoms with Gasteiger partial charge in [0.05, 0.1) is 11.6 Å². The predicted molar refractivity (Wildman–Crippen MR) is 89.5 cm³/mol. The second-order valence-electron chi connectivity index (χ2n) is 5.92. The molecule has 0 aromatic heterocycles. The van der Waals surface area contributed by atoms with Crippen LogP contribution in [0.1, 0.15) is 18.1 Å². The molecule has 0 saturated carbocycles. The van der Waals surface area contributed by atoms with Gasteiger partial charge in [0.15, 0.2) is 6.23 Å². The van der Waals surface area contributed by atoms with Gasteiger partial charge in [-0.15, -0.1) is 0 Å². The molecule has 1 N–H and O–H groups in total. The highest BCUT2D eigenvalue weighted by Gasteiger charge is 2.45. The molecular weight excluding hydrogens is 312 g/mol. The highest BCUT2D eigenvalue weighted by atomic mass is 35.5. The number of anilines is 1. The molecule has 2 aromatic carbocycles. The Labute approximate surface area is 140 Å². The predicted octanol–water partition coefficient (Wildman–Crippen LogP) is 3.33. The van der Waals surface area contributed by atoms with E-state index in [1.54, 1.807) is 11.1 Å². The van der Waals surface area contributed by atoms with Crippen molar-refractivity contribution >= 4 is 23.2 Å². The number of aryl methyl sites for hydroxylation is 1. The van der Waals surface area contributed by atoms with Gasteiger partial charge in [-0.3, -0.25) is 4.79 Å². The van der Waals surface area contributed by atoms with Gasteiger partial charge in [0.25, 0.3) is 0 Å². The van der Waals surface area contributed by atoms with Gasteiger partial charge < -0.3 is 4.74 Å². The average molecular weight is 329 g/mol. The molecule has 1 amide bonds. The standard InChI is InChI=1S/C18H17ClN2O2/c1-2-11-3-6-14(7-4-11)21-18(22)15-10-12-9-13(19)5-8-16(12)23-17(15)20-21/h3-9,15,17,20H,2,10H2,1H3. The summed E-state index contributed by atoms with van der Waals surface area (Å²) in [5.74, 6) is 0.593. The van der Waals surface area contributed by atoms with Crippen LogP contribution in [0.15, 0.2) is 42.5 Å². The third-order valence-corrected chi connectivity index (χ3v) is 4.71. The Kier molecular flexibility index (Phi) is 3.51. The third kappa shape index (κ3) is 2.48. The molecular formula is C18H17ClN2O2. The first-order valence-electron chi connectivity index (χ1n) is 7.80. The van der Waals surface area contributed by atoms with Crippen molar-refractivity contribution in [1.29, 1.82) is 0 Å². The topological polar surface area (TPSA) is 41.6 Å². The fourth-order valence-corrected chi connectivity index (χ4v) is 3.35. The minimum atomic E-state index is -0.331.